The van der Waals surface area contributed by atoms with Crippen molar-refractivity contribution in [2.75, 3.05) is 26.3 Å². The van der Waals surface area contributed by atoms with Gasteiger partial charge in [-0.1, -0.05) is 142 Å². The van der Waals surface area contributed by atoms with Gasteiger partial charge in [-0.3, -0.25) is 9.59 Å². The van der Waals surface area contributed by atoms with Crippen molar-refractivity contribution in [1.29, 1.82) is 0 Å². The molecule has 0 aromatic rings. The Labute approximate surface area is 230 Å². The molecule has 0 fully saturated rings. The van der Waals surface area contributed by atoms with Crippen molar-refractivity contribution in [1.82, 2.24) is 5.32 Å². The van der Waals surface area contributed by atoms with Crippen molar-refractivity contribution in [2.24, 2.45) is 0 Å². The summed E-state index contributed by atoms with van der Waals surface area (Å²) < 4.78 is 10.5. The Bertz CT molecular complexity index is 441. The average Bonchev–Trinajstić information content (AvgIpc) is 2.89. The minimum absolute atomic E-state index is 0.101. The molecule has 0 aromatic heterocycles. The normalized spacial score (nSPS) is 11.1. The van der Waals surface area contributed by atoms with Gasteiger partial charge in [-0.25, -0.2) is 0 Å². The van der Waals surface area contributed by atoms with Gasteiger partial charge in [0.2, 0.25) is 0 Å². The third kappa shape index (κ3) is 31.0. The van der Waals surface area contributed by atoms with E-state index in [1.165, 1.54) is 116 Å². The van der Waals surface area contributed by atoms with Crippen molar-refractivity contribution in [3.8, 4) is 0 Å². The zero-order chi connectivity index (χ0) is 27.1. The predicted octanol–water partition coefficient (Wildman–Crippen LogP) is 9.06. The quantitative estimate of drug-likeness (QED) is 0.0748. The summed E-state index contributed by atoms with van der Waals surface area (Å²) in [5.41, 5.74) is 0. The Hall–Kier alpha value is -1.10. The number of esters is 2. The van der Waals surface area contributed by atoms with Crippen LogP contribution in [0, 0.1) is 0 Å². The first kappa shape index (κ1) is 35.9. The van der Waals surface area contributed by atoms with Crippen LogP contribution < -0.4 is 5.32 Å². The minimum atomic E-state index is -0.101. The molecule has 1 N–H and O–H groups in total. The zero-order valence-corrected chi connectivity index (χ0v) is 24.9. The van der Waals surface area contributed by atoms with Crippen LogP contribution in [-0.2, 0) is 19.1 Å². The third-order valence-corrected chi connectivity index (χ3v) is 7.05. The molecule has 0 radical (unpaired) electrons. The molecule has 0 amide bonds. The molecule has 0 bridgehead atoms. The number of carbonyl (C=O) groups is 2. The van der Waals surface area contributed by atoms with E-state index in [9.17, 15) is 9.59 Å². The highest BCUT2D eigenvalue weighted by atomic mass is 16.5. The largest absolute Gasteiger partial charge is 0.464 e. The van der Waals surface area contributed by atoms with Gasteiger partial charge in [-0.2, -0.15) is 0 Å². The lowest BCUT2D eigenvalue weighted by molar-refractivity contribution is -0.143. The van der Waals surface area contributed by atoms with E-state index in [2.05, 4.69) is 19.2 Å². The number of hydrogen-bond donors (Lipinski definition) is 1. The lowest BCUT2D eigenvalue weighted by Gasteiger charge is -2.08. The topological polar surface area (TPSA) is 64.6 Å². The molecule has 0 spiro atoms. The standard InChI is InChI=1S/C32H63NO4/c1-3-5-7-9-11-13-15-17-19-21-23-25-31(34)36-29-27-33-28-30-37-32(35)26-24-22-20-18-16-14-12-10-8-6-4-2/h33H,3-30H2,1-2H3. The summed E-state index contributed by atoms with van der Waals surface area (Å²) in [6, 6.07) is 0. The molecule has 0 aliphatic carbocycles. The summed E-state index contributed by atoms with van der Waals surface area (Å²) in [5.74, 6) is -0.202. The third-order valence-electron chi connectivity index (χ3n) is 7.05. The van der Waals surface area contributed by atoms with Crippen LogP contribution in [0.3, 0.4) is 0 Å². The smallest absolute Gasteiger partial charge is 0.305 e. The van der Waals surface area contributed by atoms with Crippen LogP contribution in [-0.4, -0.2) is 38.2 Å². The summed E-state index contributed by atoms with van der Waals surface area (Å²) in [6.07, 6.45) is 29.2. The number of rotatable bonds is 30. The van der Waals surface area contributed by atoms with Crippen LogP contribution in [0.4, 0.5) is 0 Å². The molecule has 0 heterocycles. The van der Waals surface area contributed by atoms with Crippen molar-refractivity contribution < 1.29 is 19.1 Å². The summed E-state index contributed by atoms with van der Waals surface area (Å²) in [7, 11) is 0. The molecule has 0 aromatic carbocycles. The summed E-state index contributed by atoms with van der Waals surface area (Å²) in [6.45, 7) is 6.47. The highest BCUT2D eigenvalue weighted by Crippen LogP contribution is 2.13. The van der Waals surface area contributed by atoms with Gasteiger partial charge in [0.25, 0.3) is 0 Å². The molecule has 0 atom stereocenters. The average molecular weight is 526 g/mol. The van der Waals surface area contributed by atoms with Crippen LogP contribution in [0.5, 0.6) is 0 Å². The van der Waals surface area contributed by atoms with Crippen LogP contribution >= 0.6 is 0 Å². The first-order valence-corrected chi connectivity index (χ1v) is 16.2. The number of hydrogen-bond acceptors (Lipinski definition) is 5. The lowest BCUT2D eigenvalue weighted by Crippen LogP contribution is -2.26. The van der Waals surface area contributed by atoms with E-state index in [0.717, 1.165) is 25.7 Å². The van der Waals surface area contributed by atoms with E-state index in [1.54, 1.807) is 0 Å². The molecule has 5 nitrogen and oxygen atoms in total. The van der Waals surface area contributed by atoms with Crippen molar-refractivity contribution in [2.45, 2.75) is 168 Å². The fourth-order valence-corrected chi connectivity index (χ4v) is 4.61. The van der Waals surface area contributed by atoms with Crippen LogP contribution in [0.15, 0.2) is 0 Å². The summed E-state index contributed by atoms with van der Waals surface area (Å²) in [4.78, 5) is 23.6. The van der Waals surface area contributed by atoms with Crippen molar-refractivity contribution in [3.05, 3.63) is 0 Å². The molecule has 0 saturated heterocycles. The summed E-state index contributed by atoms with van der Waals surface area (Å²) in [5, 5.41) is 3.17. The second-order valence-electron chi connectivity index (χ2n) is 10.8. The number of unbranched alkanes of at least 4 members (excludes halogenated alkanes) is 20. The van der Waals surface area contributed by atoms with E-state index in [0.29, 0.717) is 39.1 Å². The second-order valence-corrected chi connectivity index (χ2v) is 10.8. The monoisotopic (exact) mass is 525 g/mol. The molecule has 0 unspecified atom stereocenters. The molecule has 220 valence electrons. The van der Waals surface area contributed by atoms with E-state index in [-0.39, 0.29) is 11.9 Å². The Morgan fingerprint density at radius 2 is 0.703 bits per heavy atom. The lowest BCUT2D eigenvalue weighted by atomic mass is 10.1. The highest BCUT2D eigenvalue weighted by Gasteiger charge is 2.04. The number of ether oxygens (including phenoxy) is 2. The molecule has 37 heavy (non-hydrogen) atoms. The van der Waals surface area contributed by atoms with E-state index < -0.39 is 0 Å². The maximum atomic E-state index is 11.8. The molecular weight excluding hydrogens is 462 g/mol. The number of nitrogens with one attached hydrogen (secondary N) is 1. The highest BCUT2D eigenvalue weighted by molar-refractivity contribution is 5.69. The SMILES string of the molecule is CCCCCCCCCCCCCC(=O)OCCNCCOC(=O)CCCCCCCCCCCCC. The van der Waals surface area contributed by atoms with Crippen molar-refractivity contribution >= 4 is 11.9 Å². The Balaban J connectivity index is 3.26. The van der Waals surface area contributed by atoms with Gasteiger partial charge < -0.3 is 14.8 Å². The van der Waals surface area contributed by atoms with Crippen LogP contribution in [0.1, 0.15) is 168 Å². The maximum Gasteiger partial charge on any atom is 0.305 e. The first-order chi connectivity index (χ1) is 18.2. The number of carbonyl (C=O) groups excluding carboxylic acids is 2. The molecular formula is C32H63NO4. The predicted molar refractivity (Wildman–Crippen MR) is 157 cm³/mol. The minimum Gasteiger partial charge on any atom is -0.464 e. The molecule has 0 aliphatic rings. The van der Waals surface area contributed by atoms with E-state index >= 15 is 0 Å². The zero-order valence-electron chi connectivity index (χ0n) is 24.9. The van der Waals surface area contributed by atoms with Crippen LogP contribution in [0.25, 0.3) is 0 Å². The second kappa shape index (κ2) is 31.1. The Kier molecular flexibility index (Phi) is 30.2. The maximum absolute atomic E-state index is 11.8. The van der Waals surface area contributed by atoms with Gasteiger partial charge in [0.05, 0.1) is 0 Å². The fourth-order valence-electron chi connectivity index (χ4n) is 4.61. The van der Waals surface area contributed by atoms with Gasteiger partial charge in [0.1, 0.15) is 13.2 Å². The van der Waals surface area contributed by atoms with Crippen molar-refractivity contribution in [3.63, 3.8) is 0 Å². The molecule has 0 rings (SSSR count). The van der Waals surface area contributed by atoms with Gasteiger partial charge in [-0.15, -0.1) is 0 Å². The van der Waals surface area contributed by atoms with Gasteiger partial charge in [0, 0.05) is 25.9 Å². The van der Waals surface area contributed by atoms with E-state index in [1.807, 2.05) is 0 Å². The van der Waals surface area contributed by atoms with E-state index in [4.69, 9.17) is 9.47 Å². The van der Waals surface area contributed by atoms with Gasteiger partial charge in [0.15, 0.2) is 0 Å². The Morgan fingerprint density at radius 1 is 0.432 bits per heavy atom. The fraction of sp³-hybridized carbons (Fsp3) is 0.938. The van der Waals surface area contributed by atoms with Gasteiger partial charge in [-0.05, 0) is 12.8 Å². The molecule has 5 heteroatoms. The van der Waals surface area contributed by atoms with Crippen LogP contribution in [0.2, 0.25) is 0 Å². The molecule has 0 saturated carbocycles. The Morgan fingerprint density at radius 3 is 1.00 bits per heavy atom. The van der Waals surface area contributed by atoms with Gasteiger partial charge >= 0.3 is 11.9 Å². The molecule has 0 aliphatic heterocycles. The first-order valence-electron chi connectivity index (χ1n) is 16.2. The summed E-state index contributed by atoms with van der Waals surface area (Å²) >= 11 is 0.